The number of hydrogen-bond donors (Lipinski definition) is 2. The van der Waals surface area contributed by atoms with Gasteiger partial charge in [-0.15, -0.1) is 0 Å². The molecule has 2 aromatic rings. The first kappa shape index (κ1) is 25.0. The molecular weight excluding hydrogens is 469 g/mol. The van der Waals surface area contributed by atoms with Gasteiger partial charge < -0.3 is 24.4 Å². The summed E-state index contributed by atoms with van der Waals surface area (Å²) in [6.07, 6.45) is -7.91. The highest BCUT2D eigenvalue weighted by molar-refractivity contribution is 6.05. The van der Waals surface area contributed by atoms with Crippen molar-refractivity contribution in [3.05, 3.63) is 59.7 Å². The van der Waals surface area contributed by atoms with E-state index in [0.29, 0.717) is 0 Å². The first-order chi connectivity index (χ1) is 16.4. The molecule has 2 N–H and O–H groups in total. The van der Waals surface area contributed by atoms with Gasteiger partial charge in [0.25, 0.3) is 5.60 Å². The zero-order valence-electron chi connectivity index (χ0n) is 19.2. The number of esters is 1. The third kappa shape index (κ3) is 3.66. The number of phenolic OH excluding ortho intramolecular Hbond substituents is 1. The molecule has 0 amide bonds. The van der Waals surface area contributed by atoms with Crippen molar-refractivity contribution < 1.29 is 47.2 Å². The number of ketones is 1. The van der Waals surface area contributed by atoms with Crippen molar-refractivity contribution in [3.63, 3.8) is 0 Å². The summed E-state index contributed by atoms with van der Waals surface area (Å²) in [5, 5.41) is 21.2. The van der Waals surface area contributed by atoms with Crippen molar-refractivity contribution >= 4 is 11.8 Å². The average Bonchev–Trinajstić information content (AvgIpc) is 2.78. The number of phenols is 1. The number of methoxy groups -OCH3 is 1. The Morgan fingerprint density at radius 3 is 2.40 bits per heavy atom. The fourth-order valence-corrected chi connectivity index (χ4v) is 5.27. The van der Waals surface area contributed by atoms with Crippen LogP contribution in [0.25, 0.3) is 0 Å². The Kier molecular flexibility index (Phi) is 6.09. The second-order valence-electron chi connectivity index (χ2n) is 9.13. The molecule has 0 bridgehead atoms. The van der Waals surface area contributed by atoms with Gasteiger partial charge in [-0.25, -0.2) is 4.79 Å². The third-order valence-electron chi connectivity index (χ3n) is 7.01. The number of ether oxygens (including phenoxy) is 3. The summed E-state index contributed by atoms with van der Waals surface area (Å²) in [5.41, 5.74) is -5.74. The highest BCUT2D eigenvalue weighted by Gasteiger charge is 2.66. The van der Waals surface area contributed by atoms with Crippen molar-refractivity contribution in [3.8, 4) is 11.5 Å². The van der Waals surface area contributed by atoms with E-state index in [4.69, 9.17) is 14.2 Å². The smallest absolute Gasteiger partial charge is 0.432 e. The zero-order chi connectivity index (χ0) is 25.8. The SMILES string of the molecule is CO[C@@](C(=O)O[C@H]1C[C@@H](C)[C@H](O)[C@@]2(C)Oc3cccc(O)c3C(=O)[C@H]12)(c1ccccc1)C(F)(F)F. The maximum atomic E-state index is 14.3. The average molecular weight is 494 g/mol. The van der Waals surface area contributed by atoms with Crippen LogP contribution in [-0.2, 0) is 19.9 Å². The molecule has 1 heterocycles. The molecule has 0 aromatic heterocycles. The van der Waals surface area contributed by atoms with Crippen LogP contribution in [0.5, 0.6) is 11.5 Å². The van der Waals surface area contributed by atoms with Crippen LogP contribution in [-0.4, -0.2) is 53.1 Å². The van der Waals surface area contributed by atoms with Crippen molar-refractivity contribution in [2.75, 3.05) is 7.11 Å². The molecule has 7 nitrogen and oxygen atoms in total. The number of hydrogen-bond acceptors (Lipinski definition) is 7. The summed E-state index contributed by atoms with van der Waals surface area (Å²) in [6, 6.07) is 10.5. The predicted octanol–water partition coefficient (Wildman–Crippen LogP) is 3.76. The van der Waals surface area contributed by atoms with E-state index in [0.717, 1.165) is 19.2 Å². The van der Waals surface area contributed by atoms with Gasteiger partial charge in [0.15, 0.2) is 5.78 Å². The number of rotatable bonds is 4. The van der Waals surface area contributed by atoms with E-state index in [1.54, 1.807) is 6.92 Å². The second kappa shape index (κ2) is 8.53. The first-order valence-electron chi connectivity index (χ1n) is 11.0. The number of Topliss-reactive ketones (excluding diaryl/α,β-unsaturated/α-hetero) is 1. The topological polar surface area (TPSA) is 102 Å². The van der Waals surface area contributed by atoms with E-state index >= 15 is 0 Å². The Labute approximate surface area is 199 Å². The number of carbonyl (C=O) groups excluding carboxylic acids is 2. The van der Waals surface area contributed by atoms with Crippen molar-refractivity contribution in [1.29, 1.82) is 0 Å². The largest absolute Gasteiger partial charge is 0.507 e. The Morgan fingerprint density at radius 1 is 1.14 bits per heavy atom. The molecule has 0 spiro atoms. The molecule has 1 aliphatic heterocycles. The molecule has 2 aliphatic rings. The molecule has 188 valence electrons. The van der Waals surface area contributed by atoms with Crippen LogP contribution in [0.2, 0.25) is 0 Å². The maximum Gasteiger partial charge on any atom is 0.432 e. The summed E-state index contributed by atoms with van der Waals surface area (Å²) in [7, 11) is 0.752. The van der Waals surface area contributed by atoms with E-state index in [2.05, 4.69) is 0 Å². The third-order valence-corrected chi connectivity index (χ3v) is 7.01. The van der Waals surface area contributed by atoms with E-state index in [9.17, 15) is 33.0 Å². The van der Waals surface area contributed by atoms with Gasteiger partial charge in [-0.2, -0.15) is 13.2 Å². The van der Waals surface area contributed by atoms with Crippen molar-refractivity contribution in [2.24, 2.45) is 11.8 Å². The van der Waals surface area contributed by atoms with Gasteiger partial charge in [-0.1, -0.05) is 43.3 Å². The summed E-state index contributed by atoms with van der Waals surface area (Å²) in [6.45, 7) is 3.05. The van der Waals surface area contributed by atoms with Crippen LogP contribution in [0, 0.1) is 11.8 Å². The monoisotopic (exact) mass is 494 g/mol. The summed E-state index contributed by atoms with van der Waals surface area (Å²) in [5.74, 6) is -4.79. The van der Waals surface area contributed by atoms with Crippen molar-refractivity contribution in [2.45, 2.75) is 49.9 Å². The van der Waals surface area contributed by atoms with Gasteiger partial charge in [-0.05, 0) is 31.4 Å². The maximum absolute atomic E-state index is 14.3. The molecule has 1 aliphatic carbocycles. The number of halogens is 3. The second-order valence-corrected chi connectivity index (χ2v) is 9.13. The number of alkyl halides is 3. The normalized spacial score (nSPS) is 29.9. The van der Waals surface area contributed by atoms with Crippen LogP contribution in [0.15, 0.2) is 48.5 Å². The molecular formula is C25H25F3O7. The molecule has 0 saturated heterocycles. The van der Waals surface area contributed by atoms with Gasteiger partial charge in [0.1, 0.15) is 34.7 Å². The minimum atomic E-state index is -5.19. The number of aromatic hydroxyl groups is 1. The van der Waals surface area contributed by atoms with Gasteiger partial charge >= 0.3 is 12.1 Å². The lowest BCUT2D eigenvalue weighted by Gasteiger charge is -2.52. The van der Waals surface area contributed by atoms with Crippen LogP contribution in [0.3, 0.4) is 0 Å². The van der Waals surface area contributed by atoms with Crippen LogP contribution < -0.4 is 4.74 Å². The molecule has 1 fully saturated rings. The van der Waals surface area contributed by atoms with Gasteiger partial charge in [0.05, 0.1) is 6.10 Å². The molecule has 1 saturated carbocycles. The van der Waals surface area contributed by atoms with E-state index in [1.165, 1.54) is 43.3 Å². The van der Waals surface area contributed by atoms with E-state index in [1.807, 2.05) is 0 Å². The summed E-state index contributed by atoms with van der Waals surface area (Å²) >= 11 is 0. The van der Waals surface area contributed by atoms with Crippen LogP contribution in [0.1, 0.15) is 36.2 Å². The van der Waals surface area contributed by atoms with Crippen molar-refractivity contribution in [1.82, 2.24) is 0 Å². The van der Waals surface area contributed by atoms with Crippen LogP contribution >= 0.6 is 0 Å². The molecule has 35 heavy (non-hydrogen) atoms. The number of carbonyl (C=O) groups is 2. The first-order valence-corrected chi connectivity index (χ1v) is 11.0. The van der Waals surface area contributed by atoms with Gasteiger partial charge in [-0.3, -0.25) is 4.79 Å². The number of aliphatic hydroxyl groups is 1. The molecule has 4 rings (SSSR count). The van der Waals surface area contributed by atoms with Gasteiger partial charge in [0.2, 0.25) is 0 Å². The lowest BCUT2D eigenvalue weighted by molar-refractivity contribution is -0.281. The molecule has 0 unspecified atom stereocenters. The molecule has 0 radical (unpaired) electrons. The minimum absolute atomic E-state index is 0.0257. The van der Waals surface area contributed by atoms with E-state index < -0.39 is 64.5 Å². The van der Waals surface area contributed by atoms with E-state index in [-0.39, 0.29) is 17.7 Å². The lowest BCUT2D eigenvalue weighted by Crippen LogP contribution is -2.66. The fourth-order valence-electron chi connectivity index (χ4n) is 5.27. The molecule has 2 aromatic carbocycles. The highest BCUT2D eigenvalue weighted by atomic mass is 19.4. The van der Waals surface area contributed by atoms with Crippen LogP contribution in [0.4, 0.5) is 13.2 Å². The highest BCUT2D eigenvalue weighted by Crippen LogP contribution is 2.51. The molecule has 6 atom stereocenters. The lowest BCUT2D eigenvalue weighted by atomic mass is 9.64. The Bertz CT molecular complexity index is 1140. The quantitative estimate of drug-likeness (QED) is 0.624. The van der Waals surface area contributed by atoms with Gasteiger partial charge in [0, 0.05) is 12.7 Å². The Balaban J connectivity index is 1.79. The Morgan fingerprint density at radius 2 is 1.80 bits per heavy atom. The standard InChI is InChI=1S/C25H25F3O7/c1-13-12-17(34-22(32)24(33-3,25(26,27)28)14-8-5-4-6-9-14)19-20(30)18-15(29)10-7-11-16(18)35-23(19,2)21(13)31/h4-11,13,17,19,21,29,31H,12H2,1-3H3/t13-,17+,19+,21+,23+,24-/m1/s1. The predicted molar refractivity (Wildman–Crippen MR) is 116 cm³/mol. The summed E-state index contributed by atoms with van der Waals surface area (Å²) in [4.78, 5) is 26.8. The number of fused-ring (bicyclic) bond motifs is 2. The summed E-state index contributed by atoms with van der Waals surface area (Å²) < 4.78 is 59.2. The zero-order valence-corrected chi connectivity index (χ0v) is 19.2. The molecule has 10 heteroatoms. The minimum Gasteiger partial charge on any atom is -0.507 e. The Hall–Kier alpha value is -3.11. The fraction of sp³-hybridized carbons (Fsp3) is 0.440. The number of benzene rings is 2. The number of aliphatic hydroxyl groups excluding tert-OH is 1.